The van der Waals surface area contributed by atoms with Crippen molar-refractivity contribution in [3.63, 3.8) is 0 Å². The van der Waals surface area contributed by atoms with E-state index in [9.17, 15) is 0 Å². The highest BCUT2D eigenvalue weighted by Crippen LogP contribution is 2.35. The zero-order chi connectivity index (χ0) is 11.0. The minimum absolute atomic E-state index is 0.775. The second kappa shape index (κ2) is 4.06. The quantitative estimate of drug-likeness (QED) is 0.690. The molecule has 1 aliphatic heterocycles. The maximum Gasteiger partial charge on any atom is 0.137 e. The molecule has 0 aliphatic carbocycles. The third kappa shape index (κ3) is 1.75. The molecule has 0 saturated carbocycles. The van der Waals surface area contributed by atoms with Crippen molar-refractivity contribution in [2.75, 3.05) is 28.2 Å². The number of hydrazine groups is 2. The van der Waals surface area contributed by atoms with Gasteiger partial charge >= 0.3 is 0 Å². The number of rotatable bonds is 2. The average Bonchev–Trinajstić information content (AvgIpc) is 2.23. The molecule has 0 N–H and O–H groups in total. The van der Waals surface area contributed by atoms with Gasteiger partial charge in [-0.2, -0.15) is 0 Å². The first-order valence-corrected chi connectivity index (χ1v) is 5.03. The van der Waals surface area contributed by atoms with E-state index in [0.717, 1.165) is 15.9 Å². The second-order valence-electron chi connectivity index (χ2n) is 3.38. The van der Waals surface area contributed by atoms with Crippen LogP contribution in [-0.4, -0.2) is 48.2 Å². The summed E-state index contributed by atoms with van der Waals surface area (Å²) >= 11 is 8.79. The predicted octanol–water partition coefficient (Wildman–Crippen LogP) is 1.01. The monoisotopic (exact) mass is 232 g/mol. The molecule has 0 unspecified atom stereocenters. The van der Waals surface area contributed by atoms with Crippen molar-refractivity contribution in [1.29, 1.82) is 0 Å². The summed E-state index contributed by atoms with van der Waals surface area (Å²) in [5, 5.41) is 9.13. The largest absolute Gasteiger partial charge is 0.249 e. The third-order valence-electron chi connectivity index (χ3n) is 1.89. The summed E-state index contributed by atoms with van der Waals surface area (Å²) in [6.07, 6.45) is 0. The molecule has 0 spiro atoms. The van der Waals surface area contributed by atoms with E-state index in [1.165, 1.54) is 0 Å². The smallest absolute Gasteiger partial charge is 0.137 e. The van der Waals surface area contributed by atoms with Crippen molar-refractivity contribution >= 4 is 25.3 Å². The van der Waals surface area contributed by atoms with Crippen molar-refractivity contribution < 1.29 is 0 Å². The van der Waals surface area contributed by atoms with Gasteiger partial charge in [0.1, 0.15) is 15.9 Å². The second-order valence-corrected chi connectivity index (χ2v) is 4.23. The molecule has 0 aromatic heterocycles. The van der Waals surface area contributed by atoms with E-state index in [1.807, 2.05) is 48.2 Å². The van der Waals surface area contributed by atoms with E-state index in [4.69, 9.17) is 0 Å². The highest BCUT2D eigenvalue weighted by atomic mass is 32.1. The van der Waals surface area contributed by atoms with Crippen molar-refractivity contribution in [2.24, 2.45) is 0 Å². The molecule has 0 atom stereocenters. The molecule has 0 fully saturated rings. The molecular formula is C8H16N4S2. The van der Waals surface area contributed by atoms with Crippen LogP contribution in [0.3, 0.4) is 0 Å². The third-order valence-corrected chi connectivity index (χ3v) is 2.87. The summed E-state index contributed by atoms with van der Waals surface area (Å²) in [7, 11) is 7.73. The SMILES string of the molecule is C=C1N(N(C)C)C(S)=C(S)N1N(C)C. The van der Waals surface area contributed by atoms with Crippen LogP contribution >= 0.6 is 25.3 Å². The van der Waals surface area contributed by atoms with Gasteiger partial charge in [-0.15, -0.1) is 25.3 Å². The number of thiol groups is 2. The van der Waals surface area contributed by atoms with E-state index in [-0.39, 0.29) is 0 Å². The molecule has 1 heterocycles. The first-order chi connectivity index (χ1) is 6.37. The zero-order valence-corrected chi connectivity index (χ0v) is 10.7. The van der Waals surface area contributed by atoms with Crippen LogP contribution in [0.1, 0.15) is 0 Å². The van der Waals surface area contributed by atoms with Gasteiger partial charge in [-0.1, -0.05) is 6.58 Å². The molecule has 0 aromatic rings. The van der Waals surface area contributed by atoms with Gasteiger partial charge in [0, 0.05) is 28.2 Å². The van der Waals surface area contributed by atoms with Crippen LogP contribution in [0.2, 0.25) is 0 Å². The van der Waals surface area contributed by atoms with Crippen LogP contribution < -0.4 is 0 Å². The molecule has 1 rings (SSSR count). The van der Waals surface area contributed by atoms with E-state index >= 15 is 0 Å². The van der Waals surface area contributed by atoms with E-state index in [1.54, 1.807) is 0 Å². The van der Waals surface area contributed by atoms with E-state index < -0.39 is 0 Å². The van der Waals surface area contributed by atoms with Crippen LogP contribution in [0.25, 0.3) is 0 Å². The summed E-state index contributed by atoms with van der Waals surface area (Å²) < 4.78 is 0. The Balaban J connectivity index is 3.04. The van der Waals surface area contributed by atoms with Gasteiger partial charge < -0.3 is 0 Å². The Morgan fingerprint density at radius 2 is 1.21 bits per heavy atom. The Hall–Kier alpha value is -0.300. The summed E-state index contributed by atoms with van der Waals surface area (Å²) in [6, 6.07) is 0. The zero-order valence-electron chi connectivity index (χ0n) is 8.89. The molecule has 0 saturated heterocycles. The van der Waals surface area contributed by atoms with Crippen molar-refractivity contribution in [3.05, 3.63) is 22.5 Å². The number of nitrogens with zero attached hydrogens (tertiary/aromatic N) is 4. The standard InChI is InChI=1S/C8H16N4S2/c1-6-11(9(2)3)7(13)8(14)12(6)10(4)5/h13-14H,1H2,2-5H3. The Labute approximate surface area is 96.2 Å². The van der Waals surface area contributed by atoms with E-state index in [0.29, 0.717) is 0 Å². The van der Waals surface area contributed by atoms with Gasteiger partial charge in [-0.25, -0.2) is 20.0 Å². The van der Waals surface area contributed by atoms with Crippen LogP contribution in [0, 0.1) is 0 Å². The minimum Gasteiger partial charge on any atom is -0.249 e. The summed E-state index contributed by atoms with van der Waals surface area (Å²) in [4.78, 5) is 0. The van der Waals surface area contributed by atoms with Crippen LogP contribution in [-0.2, 0) is 0 Å². The Bertz CT molecular complexity index is 259. The maximum atomic E-state index is 4.39. The lowest BCUT2D eigenvalue weighted by atomic mass is 10.7. The lowest BCUT2D eigenvalue weighted by Crippen LogP contribution is -2.38. The summed E-state index contributed by atoms with van der Waals surface area (Å²) in [6.45, 7) is 3.99. The van der Waals surface area contributed by atoms with Gasteiger partial charge in [-0.05, 0) is 0 Å². The molecule has 0 amide bonds. The van der Waals surface area contributed by atoms with Gasteiger partial charge in [0.2, 0.25) is 0 Å². The van der Waals surface area contributed by atoms with Crippen molar-refractivity contribution in [1.82, 2.24) is 20.0 Å². The molecule has 14 heavy (non-hydrogen) atoms. The van der Waals surface area contributed by atoms with Gasteiger partial charge in [0.05, 0.1) is 0 Å². The fraction of sp³-hybridized carbons (Fsp3) is 0.500. The molecule has 4 nitrogen and oxygen atoms in total. The van der Waals surface area contributed by atoms with Gasteiger partial charge in [-0.3, -0.25) is 0 Å². The first kappa shape index (κ1) is 11.8. The fourth-order valence-electron chi connectivity index (χ4n) is 1.36. The highest BCUT2D eigenvalue weighted by molar-refractivity contribution is 7.88. The van der Waals surface area contributed by atoms with Crippen molar-refractivity contribution in [2.45, 2.75) is 0 Å². The minimum atomic E-state index is 0.775. The average molecular weight is 232 g/mol. The van der Waals surface area contributed by atoms with Crippen LogP contribution in [0.15, 0.2) is 22.5 Å². The maximum absolute atomic E-state index is 4.39. The first-order valence-electron chi connectivity index (χ1n) is 4.13. The lowest BCUT2D eigenvalue weighted by molar-refractivity contribution is 0.0451. The fourth-order valence-corrected chi connectivity index (χ4v) is 2.14. The molecular weight excluding hydrogens is 216 g/mol. The summed E-state index contributed by atoms with van der Waals surface area (Å²) in [5.74, 6) is 0.815. The normalized spacial score (nSPS) is 18.1. The van der Waals surface area contributed by atoms with Gasteiger partial charge in [0.15, 0.2) is 0 Å². The number of hydrogen-bond acceptors (Lipinski definition) is 6. The Morgan fingerprint density at radius 3 is 1.36 bits per heavy atom. The highest BCUT2D eigenvalue weighted by Gasteiger charge is 2.32. The number of hydrogen-bond donors (Lipinski definition) is 2. The van der Waals surface area contributed by atoms with Gasteiger partial charge in [0.25, 0.3) is 0 Å². The lowest BCUT2D eigenvalue weighted by Gasteiger charge is -2.32. The summed E-state index contributed by atoms with van der Waals surface area (Å²) in [5.41, 5.74) is 0. The Kier molecular flexibility index (Phi) is 3.41. The molecule has 1 aliphatic rings. The Morgan fingerprint density at radius 1 is 0.929 bits per heavy atom. The molecule has 0 radical (unpaired) electrons. The van der Waals surface area contributed by atoms with E-state index in [2.05, 4.69) is 31.8 Å². The van der Waals surface area contributed by atoms with Crippen LogP contribution in [0.5, 0.6) is 0 Å². The predicted molar refractivity (Wildman–Crippen MR) is 65.2 cm³/mol. The molecule has 80 valence electrons. The molecule has 6 heteroatoms. The topological polar surface area (TPSA) is 13.0 Å². The molecule has 0 bridgehead atoms. The molecule has 0 aromatic carbocycles. The van der Waals surface area contributed by atoms with Crippen LogP contribution in [0.4, 0.5) is 0 Å². The van der Waals surface area contributed by atoms with Crippen molar-refractivity contribution in [3.8, 4) is 0 Å².